The highest BCUT2D eigenvalue weighted by molar-refractivity contribution is 5.71. The van der Waals surface area contributed by atoms with Crippen LogP contribution in [0.2, 0.25) is 0 Å². The van der Waals surface area contributed by atoms with E-state index in [4.69, 9.17) is 14.2 Å². The van der Waals surface area contributed by atoms with E-state index >= 15 is 0 Å². The first-order chi connectivity index (χ1) is 31.0. The normalized spacial score (nSPS) is 11.8. The minimum atomic E-state index is -0.781. The number of carbonyl (C=O) groups excluding carboxylic acids is 3. The fourth-order valence-electron chi connectivity index (χ4n) is 7.90. The van der Waals surface area contributed by atoms with Crippen LogP contribution in [0.15, 0.2) is 36.5 Å². The summed E-state index contributed by atoms with van der Waals surface area (Å²) in [6, 6.07) is 0. The summed E-state index contributed by atoms with van der Waals surface area (Å²) in [4.78, 5) is 38.0. The Morgan fingerprint density at radius 3 is 0.794 bits per heavy atom. The maximum absolute atomic E-state index is 12.8. The van der Waals surface area contributed by atoms with Crippen LogP contribution in [-0.4, -0.2) is 37.2 Å². The molecule has 0 N–H and O–H groups in total. The Bertz CT molecular complexity index is 1010. The van der Waals surface area contributed by atoms with E-state index in [1.54, 1.807) is 0 Å². The van der Waals surface area contributed by atoms with E-state index in [-0.39, 0.29) is 31.1 Å². The van der Waals surface area contributed by atoms with Crippen molar-refractivity contribution in [2.24, 2.45) is 0 Å². The SMILES string of the molecule is CCCCCCCC/C=C/CCCCCCCC(=O)OCC(COC(=O)CCCCCCC/C=C/CCCCCCCC)OC(=O)CCCCCCC/C=C/CCCCCCCC. The van der Waals surface area contributed by atoms with Crippen LogP contribution in [-0.2, 0) is 28.6 Å². The van der Waals surface area contributed by atoms with E-state index < -0.39 is 6.10 Å². The molecule has 0 heterocycles. The Labute approximate surface area is 391 Å². The lowest BCUT2D eigenvalue weighted by molar-refractivity contribution is -0.167. The van der Waals surface area contributed by atoms with Crippen molar-refractivity contribution in [2.75, 3.05) is 13.2 Å². The maximum Gasteiger partial charge on any atom is 0.306 e. The molecule has 0 saturated carbocycles. The third-order valence-corrected chi connectivity index (χ3v) is 12.1. The molecule has 0 aromatic heterocycles. The molecule has 0 aliphatic carbocycles. The number of hydrogen-bond donors (Lipinski definition) is 0. The van der Waals surface area contributed by atoms with Crippen LogP contribution in [0.1, 0.15) is 290 Å². The zero-order valence-electron chi connectivity index (χ0n) is 42.1. The van der Waals surface area contributed by atoms with Gasteiger partial charge in [-0.15, -0.1) is 0 Å². The number of esters is 3. The highest BCUT2D eigenvalue weighted by atomic mass is 16.6. The topological polar surface area (TPSA) is 78.9 Å². The van der Waals surface area contributed by atoms with Crippen LogP contribution in [0.4, 0.5) is 0 Å². The number of rotatable bonds is 50. The minimum absolute atomic E-state index is 0.0806. The Kier molecular flexibility index (Phi) is 50.3. The first-order valence-electron chi connectivity index (χ1n) is 27.5. The van der Waals surface area contributed by atoms with Crippen molar-refractivity contribution in [3.05, 3.63) is 36.5 Å². The highest BCUT2D eigenvalue weighted by Gasteiger charge is 2.19. The predicted octanol–water partition coefficient (Wildman–Crippen LogP) is 18.1. The largest absolute Gasteiger partial charge is 0.462 e. The van der Waals surface area contributed by atoms with Gasteiger partial charge in [0.05, 0.1) is 0 Å². The summed E-state index contributed by atoms with van der Waals surface area (Å²) in [6.07, 6.45) is 61.2. The van der Waals surface area contributed by atoms with E-state index in [0.717, 1.165) is 77.0 Å². The van der Waals surface area contributed by atoms with Crippen LogP contribution in [0.25, 0.3) is 0 Å². The summed E-state index contributed by atoms with van der Waals surface area (Å²) in [6.45, 7) is 6.63. The van der Waals surface area contributed by atoms with Crippen LogP contribution < -0.4 is 0 Å². The van der Waals surface area contributed by atoms with Gasteiger partial charge in [-0.25, -0.2) is 0 Å². The minimum Gasteiger partial charge on any atom is -0.462 e. The van der Waals surface area contributed by atoms with Crippen molar-refractivity contribution in [1.29, 1.82) is 0 Å². The molecule has 0 spiro atoms. The number of carbonyl (C=O) groups is 3. The average Bonchev–Trinajstić information content (AvgIpc) is 3.28. The molecule has 0 bridgehead atoms. The average molecular weight is 885 g/mol. The fraction of sp³-hybridized carbons (Fsp3) is 0.842. The predicted molar refractivity (Wildman–Crippen MR) is 270 cm³/mol. The van der Waals surface area contributed by atoms with Gasteiger partial charge in [0.15, 0.2) is 6.10 Å². The molecule has 0 amide bonds. The second kappa shape index (κ2) is 52.3. The Balaban J connectivity index is 4.39. The van der Waals surface area contributed by atoms with Gasteiger partial charge in [-0.1, -0.05) is 211 Å². The molecule has 0 aliphatic heterocycles. The van der Waals surface area contributed by atoms with Gasteiger partial charge >= 0.3 is 17.9 Å². The maximum atomic E-state index is 12.8. The summed E-state index contributed by atoms with van der Waals surface area (Å²) >= 11 is 0. The third-order valence-electron chi connectivity index (χ3n) is 12.1. The van der Waals surface area contributed by atoms with Gasteiger partial charge in [0.1, 0.15) is 13.2 Å². The number of hydrogen-bond acceptors (Lipinski definition) is 6. The van der Waals surface area contributed by atoms with Gasteiger partial charge in [-0.05, 0) is 96.3 Å². The molecule has 0 saturated heterocycles. The fourth-order valence-corrected chi connectivity index (χ4v) is 7.90. The Morgan fingerprint density at radius 1 is 0.302 bits per heavy atom. The monoisotopic (exact) mass is 885 g/mol. The smallest absolute Gasteiger partial charge is 0.306 e. The lowest BCUT2D eigenvalue weighted by Crippen LogP contribution is -2.30. The quantitative estimate of drug-likeness (QED) is 0.0262. The number of ether oxygens (including phenoxy) is 3. The van der Waals surface area contributed by atoms with Gasteiger partial charge < -0.3 is 14.2 Å². The van der Waals surface area contributed by atoms with Crippen molar-refractivity contribution in [3.8, 4) is 0 Å². The molecule has 0 aliphatic rings. The second-order valence-electron chi connectivity index (χ2n) is 18.5. The van der Waals surface area contributed by atoms with Crippen LogP contribution in [0.5, 0.6) is 0 Å². The zero-order valence-corrected chi connectivity index (χ0v) is 42.1. The van der Waals surface area contributed by atoms with Crippen LogP contribution in [0, 0.1) is 0 Å². The molecule has 6 heteroatoms. The molecular weight excluding hydrogens is 781 g/mol. The van der Waals surface area contributed by atoms with Crippen molar-refractivity contribution < 1.29 is 28.6 Å². The summed E-state index contributed by atoms with van der Waals surface area (Å²) in [5.41, 5.74) is 0. The van der Waals surface area contributed by atoms with Gasteiger partial charge in [0.2, 0.25) is 0 Å². The summed E-state index contributed by atoms with van der Waals surface area (Å²) < 4.78 is 16.8. The van der Waals surface area contributed by atoms with E-state index in [9.17, 15) is 14.4 Å². The lowest BCUT2D eigenvalue weighted by atomic mass is 10.1. The van der Waals surface area contributed by atoms with Gasteiger partial charge in [-0.2, -0.15) is 0 Å². The van der Waals surface area contributed by atoms with E-state index in [2.05, 4.69) is 57.2 Å². The number of unbranched alkanes of at least 4 members (excludes halogenated alkanes) is 33. The van der Waals surface area contributed by atoms with Crippen molar-refractivity contribution in [2.45, 2.75) is 297 Å². The number of allylic oxidation sites excluding steroid dienone is 6. The van der Waals surface area contributed by atoms with E-state index in [1.165, 1.54) is 173 Å². The molecule has 368 valence electrons. The van der Waals surface area contributed by atoms with Crippen LogP contribution in [0.3, 0.4) is 0 Å². The molecule has 6 nitrogen and oxygen atoms in total. The molecule has 0 unspecified atom stereocenters. The Hall–Kier alpha value is -2.37. The Morgan fingerprint density at radius 2 is 0.524 bits per heavy atom. The third kappa shape index (κ3) is 50.5. The van der Waals surface area contributed by atoms with Gasteiger partial charge in [-0.3, -0.25) is 14.4 Å². The molecule has 0 atom stereocenters. The van der Waals surface area contributed by atoms with Crippen molar-refractivity contribution >= 4 is 17.9 Å². The summed E-state index contributed by atoms with van der Waals surface area (Å²) in [5, 5.41) is 0. The standard InChI is InChI=1S/C57H104O6/c1-4-7-10-13-16-19-22-25-28-31-34-37-40-43-46-49-55(58)61-52-54(63-57(60)51-48-45-42-39-36-33-30-27-24-21-18-15-12-9-6-3)53-62-56(59)50-47-44-41-38-35-32-29-26-23-20-17-14-11-8-5-2/h25-30,54H,4-24,31-53H2,1-3H3/b28-25+,29-26+,30-27+. The summed E-state index contributed by atoms with van der Waals surface area (Å²) in [5.74, 6) is -0.893. The molecular formula is C57H104O6. The molecule has 0 radical (unpaired) electrons. The van der Waals surface area contributed by atoms with Crippen molar-refractivity contribution in [3.63, 3.8) is 0 Å². The van der Waals surface area contributed by atoms with Gasteiger partial charge in [0.25, 0.3) is 0 Å². The summed E-state index contributed by atoms with van der Waals surface area (Å²) in [7, 11) is 0. The first-order valence-corrected chi connectivity index (χ1v) is 27.5. The molecule has 63 heavy (non-hydrogen) atoms. The first kappa shape index (κ1) is 60.6. The van der Waals surface area contributed by atoms with E-state index in [1.807, 2.05) is 0 Å². The zero-order chi connectivity index (χ0) is 45.8. The van der Waals surface area contributed by atoms with Crippen LogP contribution >= 0.6 is 0 Å². The van der Waals surface area contributed by atoms with E-state index in [0.29, 0.717) is 19.3 Å². The van der Waals surface area contributed by atoms with Gasteiger partial charge in [0, 0.05) is 19.3 Å². The second-order valence-corrected chi connectivity index (χ2v) is 18.5. The molecule has 0 aromatic rings. The molecule has 0 rings (SSSR count). The lowest BCUT2D eigenvalue weighted by Gasteiger charge is -2.18. The van der Waals surface area contributed by atoms with Crippen molar-refractivity contribution in [1.82, 2.24) is 0 Å². The highest BCUT2D eigenvalue weighted by Crippen LogP contribution is 2.15. The molecule has 0 aromatic carbocycles. The molecule has 0 fully saturated rings.